The zero-order valence-electron chi connectivity index (χ0n) is 12.2. The third-order valence-electron chi connectivity index (χ3n) is 2.81. The highest BCUT2D eigenvalue weighted by Crippen LogP contribution is 2.09. The Bertz CT molecular complexity index is 339. The summed E-state index contributed by atoms with van der Waals surface area (Å²) in [6.45, 7) is 7.10. The maximum Gasteiger partial charge on any atom is 0.126 e. The van der Waals surface area contributed by atoms with E-state index < -0.39 is 0 Å². The van der Waals surface area contributed by atoms with E-state index >= 15 is 0 Å². The number of aromatic nitrogens is 1. The van der Waals surface area contributed by atoms with Gasteiger partial charge >= 0.3 is 0 Å². The summed E-state index contributed by atoms with van der Waals surface area (Å²) in [6, 6.07) is 4.14. The molecular formula is C14H25N3O2. The van der Waals surface area contributed by atoms with Crippen LogP contribution in [0.2, 0.25) is 0 Å². The van der Waals surface area contributed by atoms with Crippen molar-refractivity contribution in [2.45, 2.75) is 13.5 Å². The van der Waals surface area contributed by atoms with Crippen LogP contribution in [0, 0.1) is 0 Å². The Kier molecular flexibility index (Phi) is 8.13. The highest BCUT2D eigenvalue weighted by Gasteiger charge is 2.06. The fourth-order valence-corrected chi connectivity index (χ4v) is 1.82. The lowest BCUT2D eigenvalue weighted by molar-refractivity contribution is 0.110. The lowest BCUT2D eigenvalue weighted by atomic mass is 10.2. The van der Waals surface area contributed by atoms with Gasteiger partial charge in [0.25, 0.3) is 0 Å². The highest BCUT2D eigenvalue weighted by atomic mass is 16.5. The van der Waals surface area contributed by atoms with Crippen LogP contribution in [-0.2, 0) is 16.0 Å². The van der Waals surface area contributed by atoms with Crippen LogP contribution in [0.1, 0.15) is 12.5 Å². The van der Waals surface area contributed by atoms with Crippen molar-refractivity contribution < 1.29 is 9.47 Å². The van der Waals surface area contributed by atoms with E-state index in [1.54, 1.807) is 14.2 Å². The van der Waals surface area contributed by atoms with Crippen LogP contribution in [-0.4, -0.2) is 57.0 Å². The van der Waals surface area contributed by atoms with Crippen LogP contribution >= 0.6 is 0 Å². The third-order valence-corrected chi connectivity index (χ3v) is 2.81. The summed E-state index contributed by atoms with van der Waals surface area (Å²) < 4.78 is 10.3. The molecule has 5 heteroatoms. The minimum atomic E-state index is 0.731. The van der Waals surface area contributed by atoms with E-state index in [0.29, 0.717) is 0 Å². The van der Waals surface area contributed by atoms with E-state index in [1.807, 2.05) is 12.3 Å². The maximum absolute atomic E-state index is 5.15. The van der Waals surface area contributed by atoms with Gasteiger partial charge in [0.15, 0.2) is 0 Å². The SMILES string of the molecule is CCNc1cc(CN(CCOC)CCOC)ccn1. The standard InChI is InChI=1S/C14H25N3O2/c1-4-15-14-11-13(5-6-16-14)12-17(7-9-18-2)8-10-19-3/h5-6,11H,4,7-10,12H2,1-3H3,(H,15,16). The van der Waals surface area contributed by atoms with Crippen molar-refractivity contribution in [3.05, 3.63) is 23.9 Å². The minimum Gasteiger partial charge on any atom is -0.383 e. The van der Waals surface area contributed by atoms with Gasteiger partial charge in [0.2, 0.25) is 0 Å². The summed E-state index contributed by atoms with van der Waals surface area (Å²) in [5, 5.41) is 3.23. The topological polar surface area (TPSA) is 46.6 Å². The summed E-state index contributed by atoms with van der Waals surface area (Å²) in [6.07, 6.45) is 1.85. The fraction of sp³-hybridized carbons (Fsp3) is 0.643. The Morgan fingerprint density at radius 1 is 1.21 bits per heavy atom. The second-order valence-electron chi connectivity index (χ2n) is 4.34. The molecule has 0 saturated carbocycles. The van der Waals surface area contributed by atoms with Crippen molar-refractivity contribution >= 4 is 5.82 Å². The molecule has 108 valence electrons. The molecule has 0 aliphatic heterocycles. The number of hydrogen-bond donors (Lipinski definition) is 1. The number of ether oxygens (including phenoxy) is 2. The average molecular weight is 267 g/mol. The molecule has 1 aromatic rings. The monoisotopic (exact) mass is 267 g/mol. The quantitative estimate of drug-likeness (QED) is 0.698. The van der Waals surface area contributed by atoms with Crippen LogP contribution in [0.25, 0.3) is 0 Å². The largest absolute Gasteiger partial charge is 0.383 e. The van der Waals surface area contributed by atoms with E-state index in [-0.39, 0.29) is 0 Å². The number of rotatable bonds is 10. The van der Waals surface area contributed by atoms with Crippen LogP contribution < -0.4 is 5.32 Å². The smallest absolute Gasteiger partial charge is 0.126 e. The van der Waals surface area contributed by atoms with Crippen molar-refractivity contribution in [3.63, 3.8) is 0 Å². The molecule has 0 radical (unpaired) electrons. The summed E-state index contributed by atoms with van der Waals surface area (Å²) in [5.41, 5.74) is 1.25. The van der Waals surface area contributed by atoms with Crippen LogP contribution in [0.3, 0.4) is 0 Å². The first-order valence-corrected chi connectivity index (χ1v) is 6.69. The second kappa shape index (κ2) is 9.72. The van der Waals surface area contributed by atoms with Gasteiger partial charge in [-0.15, -0.1) is 0 Å². The first-order valence-electron chi connectivity index (χ1n) is 6.69. The number of anilines is 1. The van der Waals surface area contributed by atoms with Gasteiger partial charge in [-0.05, 0) is 24.6 Å². The van der Waals surface area contributed by atoms with Crippen molar-refractivity contribution in [1.29, 1.82) is 0 Å². The Hall–Kier alpha value is -1.17. The van der Waals surface area contributed by atoms with Crippen molar-refractivity contribution in [2.75, 3.05) is 52.4 Å². The molecule has 0 aliphatic rings. The normalized spacial score (nSPS) is 10.9. The number of nitrogens with one attached hydrogen (secondary N) is 1. The summed E-state index contributed by atoms with van der Waals surface area (Å²) in [7, 11) is 3.45. The molecule has 0 bridgehead atoms. The van der Waals surface area contributed by atoms with E-state index in [4.69, 9.17) is 9.47 Å². The van der Waals surface area contributed by atoms with Crippen LogP contribution in [0.4, 0.5) is 5.82 Å². The van der Waals surface area contributed by atoms with Gasteiger partial charge in [-0.25, -0.2) is 4.98 Å². The Balaban J connectivity index is 2.57. The molecule has 0 aromatic carbocycles. The van der Waals surface area contributed by atoms with Gasteiger partial charge < -0.3 is 14.8 Å². The molecule has 5 nitrogen and oxygen atoms in total. The van der Waals surface area contributed by atoms with Gasteiger partial charge in [0.1, 0.15) is 5.82 Å². The van der Waals surface area contributed by atoms with Crippen LogP contribution in [0.15, 0.2) is 18.3 Å². The molecule has 0 aliphatic carbocycles. The Labute approximate surface area is 115 Å². The van der Waals surface area contributed by atoms with E-state index in [0.717, 1.165) is 45.2 Å². The molecule has 1 aromatic heterocycles. The van der Waals surface area contributed by atoms with Gasteiger partial charge in [-0.2, -0.15) is 0 Å². The summed E-state index contributed by atoms with van der Waals surface area (Å²) in [5.74, 6) is 0.929. The molecule has 19 heavy (non-hydrogen) atoms. The predicted molar refractivity (Wildman–Crippen MR) is 77.4 cm³/mol. The predicted octanol–water partition coefficient (Wildman–Crippen LogP) is 1.61. The van der Waals surface area contributed by atoms with Crippen molar-refractivity contribution in [2.24, 2.45) is 0 Å². The van der Waals surface area contributed by atoms with Gasteiger partial charge in [-0.1, -0.05) is 0 Å². The molecule has 0 amide bonds. The molecular weight excluding hydrogens is 242 g/mol. The first kappa shape index (κ1) is 15.9. The number of nitrogens with zero attached hydrogens (tertiary/aromatic N) is 2. The lowest BCUT2D eigenvalue weighted by Crippen LogP contribution is -2.30. The van der Waals surface area contributed by atoms with Crippen molar-refractivity contribution in [3.8, 4) is 0 Å². The first-order chi connectivity index (χ1) is 9.30. The van der Waals surface area contributed by atoms with Crippen LogP contribution in [0.5, 0.6) is 0 Å². The molecule has 0 unspecified atom stereocenters. The summed E-state index contributed by atoms with van der Waals surface area (Å²) >= 11 is 0. The molecule has 0 fully saturated rings. The number of pyridine rings is 1. The highest BCUT2D eigenvalue weighted by molar-refractivity contribution is 5.37. The molecule has 0 saturated heterocycles. The maximum atomic E-state index is 5.15. The molecule has 1 heterocycles. The van der Waals surface area contributed by atoms with Crippen molar-refractivity contribution in [1.82, 2.24) is 9.88 Å². The van der Waals surface area contributed by atoms with Gasteiger partial charge in [-0.3, -0.25) is 4.90 Å². The van der Waals surface area contributed by atoms with E-state index in [2.05, 4.69) is 28.2 Å². The van der Waals surface area contributed by atoms with Gasteiger partial charge in [0, 0.05) is 46.6 Å². The Morgan fingerprint density at radius 2 is 1.89 bits per heavy atom. The van der Waals surface area contributed by atoms with Gasteiger partial charge in [0.05, 0.1) is 13.2 Å². The second-order valence-corrected chi connectivity index (χ2v) is 4.34. The zero-order valence-corrected chi connectivity index (χ0v) is 12.2. The fourth-order valence-electron chi connectivity index (χ4n) is 1.82. The number of hydrogen-bond acceptors (Lipinski definition) is 5. The summed E-state index contributed by atoms with van der Waals surface area (Å²) in [4.78, 5) is 6.60. The average Bonchev–Trinajstić information content (AvgIpc) is 2.42. The molecule has 1 rings (SSSR count). The molecule has 0 spiro atoms. The Morgan fingerprint density at radius 3 is 2.47 bits per heavy atom. The van der Waals surface area contributed by atoms with E-state index in [1.165, 1.54) is 5.56 Å². The zero-order chi connectivity index (χ0) is 13.9. The third kappa shape index (κ3) is 6.52. The molecule has 1 N–H and O–H groups in total. The minimum absolute atomic E-state index is 0.731. The van der Waals surface area contributed by atoms with E-state index in [9.17, 15) is 0 Å². The number of methoxy groups -OCH3 is 2. The molecule has 0 atom stereocenters. The lowest BCUT2D eigenvalue weighted by Gasteiger charge is -2.21.